The highest BCUT2D eigenvalue weighted by Gasteiger charge is 2.33. The Kier molecular flexibility index (Phi) is 4.88. The number of hydrogen-bond acceptors (Lipinski definition) is 6. The van der Waals surface area contributed by atoms with E-state index in [1.807, 2.05) is 0 Å². The Morgan fingerprint density at radius 2 is 2.00 bits per heavy atom. The molecule has 128 valence electrons. The normalized spacial score (nSPS) is 15.8. The molecule has 0 radical (unpaired) electrons. The highest BCUT2D eigenvalue weighted by Crippen LogP contribution is 2.20. The minimum atomic E-state index is -3.56. The third-order valence-corrected chi connectivity index (χ3v) is 6.54. The fourth-order valence-corrected chi connectivity index (χ4v) is 4.53. The molecule has 0 atom stereocenters. The standard InChI is InChI=1S/C14H17N5O3S2/c1-17-10-15-16-14(17)23-9-13(20)18-7-8-19(11-18)24(21,22)12-5-3-2-4-6-12/h2-6,10H,7-9,11H2,1H3. The molecule has 0 bridgehead atoms. The zero-order chi connectivity index (χ0) is 17.2. The third-order valence-electron chi connectivity index (χ3n) is 3.68. The second-order valence-electron chi connectivity index (χ2n) is 5.31. The second kappa shape index (κ2) is 6.91. The highest BCUT2D eigenvalue weighted by atomic mass is 32.2. The first kappa shape index (κ1) is 16.9. The molecule has 3 rings (SSSR count). The maximum Gasteiger partial charge on any atom is 0.244 e. The first-order chi connectivity index (χ1) is 11.5. The number of carbonyl (C=O) groups excluding carboxylic acids is 1. The summed E-state index contributed by atoms with van der Waals surface area (Å²) in [5, 5.41) is 8.31. The van der Waals surface area contributed by atoms with Crippen LogP contribution >= 0.6 is 11.8 Å². The van der Waals surface area contributed by atoms with Gasteiger partial charge >= 0.3 is 0 Å². The summed E-state index contributed by atoms with van der Waals surface area (Å²) in [5.41, 5.74) is 0. The van der Waals surface area contributed by atoms with Gasteiger partial charge < -0.3 is 9.47 Å². The van der Waals surface area contributed by atoms with E-state index in [1.165, 1.54) is 16.1 Å². The number of nitrogens with zero attached hydrogens (tertiary/aromatic N) is 5. The van der Waals surface area contributed by atoms with E-state index in [2.05, 4.69) is 10.2 Å². The summed E-state index contributed by atoms with van der Waals surface area (Å²) in [5.74, 6) is 0.0833. The summed E-state index contributed by atoms with van der Waals surface area (Å²) in [6.45, 7) is 0.775. The van der Waals surface area contributed by atoms with Gasteiger partial charge in [0.05, 0.1) is 17.3 Å². The van der Waals surface area contributed by atoms with E-state index in [4.69, 9.17) is 0 Å². The minimum Gasteiger partial charge on any atom is -0.327 e. The zero-order valence-corrected chi connectivity index (χ0v) is 14.7. The van der Waals surface area contributed by atoms with Gasteiger partial charge in [0.25, 0.3) is 0 Å². The molecule has 1 aliphatic heterocycles. The van der Waals surface area contributed by atoms with Crippen molar-refractivity contribution in [2.24, 2.45) is 7.05 Å². The fourth-order valence-electron chi connectivity index (χ4n) is 2.33. The number of amides is 1. The molecule has 0 aliphatic carbocycles. The lowest BCUT2D eigenvalue weighted by molar-refractivity contribution is -0.127. The molecule has 1 amide bonds. The molecule has 0 N–H and O–H groups in total. The van der Waals surface area contributed by atoms with Crippen LogP contribution in [0.1, 0.15) is 0 Å². The molecular weight excluding hydrogens is 350 g/mol. The van der Waals surface area contributed by atoms with Crippen LogP contribution in [0.2, 0.25) is 0 Å². The fraction of sp³-hybridized carbons (Fsp3) is 0.357. The summed E-state index contributed by atoms with van der Waals surface area (Å²) in [6, 6.07) is 8.25. The van der Waals surface area contributed by atoms with Gasteiger partial charge in [-0.2, -0.15) is 4.31 Å². The van der Waals surface area contributed by atoms with Crippen LogP contribution in [-0.2, 0) is 21.9 Å². The number of thioether (sulfide) groups is 1. The summed E-state index contributed by atoms with van der Waals surface area (Å²) in [6.07, 6.45) is 1.57. The van der Waals surface area contributed by atoms with Crippen LogP contribution in [0.5, 0.6) is 0 Å². The van der Waals surface area contributed by atoms with Crippen molar-refractivity contribution in [2.75, 3.05) is 25.5 Å². The van der Waals surface area contributed by atoms with Gasteiger partial charge in [-0.1, -0.05) is 30.0 Å². The van der Waals surface area contributed by atoms with Crippen molar-refractivity contribution in [3.8, 4) is 0 Å². The average molecular weight is 367 g/mol. The van der Waals surface area contributed by atoms with Gasteiger partial charge in [0.1, 0.15) is 6.33 Å². The van der Waals surface area contributed by atoms with Crippen LogP contribution in [0.15, 0.2) is 46.7 Å². The van der Waals surface area contributed by atoms with Crippen LogP contribution in [-0.4, -0.2) is 63.8 Å². The van der Waals surface area contributed by atoms with E-state index in [9.17, 15) is 13.2 Å². The largest absolute Gasteiger partial charge is 0.327 e. The number of hydrogen-bond donors (Lipinski definition) is 0. The van der Waals surface area contributed by atoms with Crippen LogP contribution < -0.4 is 0 Å². The second-order valence-corrected chi connectivity index (χ2v) is 8.19. The molecule has 2 aromatic rings. The molecule has 1 aliphatic rings. The van der Waals surface area contributed by atoms with E-state index < -0.39 is 10.0 Å². The van der Waals surface area contributed by atoms with Gasteiger partial charge in [0, 0.05) is 20.1 Å². The molecule has 1 aromatic heterocycles. The van der Waals surface area contributed by atoms with Crippen molar-refractivity contribution in [2.45, 2.75) is 10.1 Å². The van der Waals surface area contributed by atoms with E-state index in [1.54, 1.807) is 53.2 Å². The monoisotopic (exact) mass is 367 g/mol. The summed E-state index contributed by atoms with van der Waals surface area (Å²) in [4.78, 5) is 14.1. The van der Waals surface area contributed by atoms with Crippen LogP contribution in [0.4, 0.5) is 0 Å². The lowest BCUT2D eigenvalue weighted by atomic mass is 10.4. The van der Waals surface area contributed by atoms with Gasteiger partial charge in [-0.05, 0) is 12.1 Å². The van der Waals surface area contributed by atoms with E-state index in [0.29, 0.717) is 18.2 Å². The molecule has 24 heavy (non-hydrogen) atoms. The summed E-state index contributed by atoms with van der Waals surface area (Å²) >= 11 is 1.28. The number of aromatic nitrogens is 3. The Labute approximate surface area is 144 Å². The average Bonchev–Trinajstić information content (AvgIpc) is 3.23. The summed E-state index contributed by atoms with van der Waals surface area (Å²) in [7, 11) is -1.76. The first-order valence-corrected chi connectivity index (χ1v) is 9.71. The van der Waals surface area contributed by atoms with Crippen molar-refractivity contribution >= 4 is 27.7 Å². The van der Waals surface area contributed by atoms with Crippen molar-refractivity contribution in [3.05, 3.63) is 36.7 Å². The predicted molar refractivity (Wildman–Crippen MR) is 88.6 cm³/mol. The van der Waals surface area contributed by atoms with Crippen molar-refractivity contribution in [3.63, 3.8) is 0 Å². The number of rotatable bonds is 5. The maximum absolute atomic E-state index is 12.6. The van der Waals surface area contributed by atoms with Crippen molar-refractivity contribution < 1.29 is 13.2 Å². The number of benzene rings is 1. The first-order valence-electron chi connectivity index (χ1n) is 7.28. The molecule has 1 fully saturated rings. The van der Waals surface area contributed by atoms with Crippen LogP contribution in [0.25, 0.3) is 0 Å². The van der Waals surface area contributed by atoms with Crippen molar-refractivity contribution in [1.29, 1.82) is 0 Å². The molecule has 0 spiro atoms. The molecule has 8 nitrogen and oxygen atoms in total. The lowest BCUT2D eigenvalue weighted by Gasteiger charge is -2.18. The Morgan fingerprint density at radius 3 is 2.67 bits per heavy atom. The number of sulfonamides is 1. The Morgan fingerprint density at radius 1 is 1.25 bits per heavy atom. The maximum atomic E-state index is 12.6. The molecule has 2 heterocycles. The number of carbonyl (C=O) groups is 1. The van der Waals surface area contributed by atoms with Crippen molar-refractivity contribution in [1.82, 2.24) is 24.0 Å². The van der Waals surface area contributed by atoms with E-state index in [0.717, 1.165) is 0 Å². The highest BCUT2D eigenvalue weighted by molar-refractivity contribution is 7.99. The van der Waals surface area contributed by atoms with Gasteiger partial charge in [-0.15, -0.1) is 10.2 Å². The summed E-state index contributed by atoms with van der Waals surface area (Å²) < 4.78 is 28.2. The smallest absolute Gasteiger partial charge is 0.244 e. The molecule has 0 saturated carbocycles. The lowest BCUT2D eigenvalue weighted by Crippen LogP contribution is -2.34. The zero-order valence-electron chi connectivity index (χ0n) is 13.1. The SMILES string of the molecule is Cn1cnnc1SCC(=O)N1CCN(S(=O)(=O)c2ccccc2)C1. The quantitative estimate of drug-likeness (QED) is 0.711. The van der Waals surface area contributed by atoms with Crippen LogP contribution in [0.3, 0.4) is 0 Å². The Hall–Kier alpha value is -1.91. The van der Waals surface area contributed by atoms with Gasteiger partial charge in [0.15, 0.2) is 5.16 Å². The molecule has 1 saturated heterocycles. The molecule has 0 unspecified atom stereocenters. The third kappa shape index (κ3) is 3.45. The minimum absolute atomic E-state index is 0.0788. The molecule has 1 aromatic carbocycles. The van der Waals surface area contributed by atoms with Gasteiger partial charge in [-0.25, -0.2) is 8.42 Å². The van der Waals surface area contributed by atoms with Crippen LogP contribution in [0, 0.1) is 0 Å². The predicted octanol–water partition coefficient (Wildman–Crippen LogP) is 0.398. The Bertz CT molecular complexity index is 822. The molecule has 10 heteroatoms. The topological polar surface area (TPSA) is 88.4 Å². The van der Waals surface area contributed by atoms with Gasteiger partial charge in [-0.3, -0.25) is 4.79 Å². The van der Waals surface area contributed by atoms with E-state index >= 15 is 0 Å². The van der Waals surface area contributed by atoms with E-state index in [-0.39, 0.29) is 23.2 Å². The number of aryl methyl sites for hydroxylation is 1. The van der Waals surface area contributed by atoms with Gasteiger partial charge in [0.2, 0.25) is 15.9 Å². The Balaban J connectivity index is 1.61. The molecular formula is C14H17N5O3S2.